The van der Waals surface area contributed by atoms with Crippen molar-refractivity contribution in [3.05, 3.63) is 64.3 Å². The van der Waals surface area contributed by atoms with Gasteiger partial charge in [-0.3, -0.25) is 4.98 Å². The van der Waals surface area contributed by atoms with Crippen LogP contribution < -0.4 is 0 Å². The Morgan fingerprint density at radius 3 is 2.56 bits per heavy atom. The molecule has 0 amide bonds. The molecule has 0 aromatic carbocycles. The van der Waals surface area contributed by atoms with Gasteiger partial charge in [0.05, 0.1) is 21.5 Å². The van der Waals surface area contributed by atoms with Gasteiger partial charge < -0.3 is 9.88 Å². The van der Waals surface area contributed by atoms with Gasteiger partial charge in [0.25, 0.3) is 0 Å². The van der Waals surface area contributed by atoms with Gasteiger partial charge in [0, 0.05) is 23.9 Å². The van der Waals surface area contributed by atoms with E-state index in [-0.39, 0.29) is 0 Å². The molecule has 0 spiro atoms. The molecule has 1 aliphatic rings. The lowest BCUT2D eigenvalue weighted by Crippen LogP contribution is -2.29. The molecule has 1 fully saturated rings. The molecule has 0 unspecified atom stereocenters. The van der Waals surface area contributed by atoms with E-state index in [9.17, 15) is 0 Å². The Morgan fingerprint density at radius 2 is 1.89 bits per heavy atom. The number of aromatic nitrogens is 3. The summed E-state index contributed by atoms with van der Waals surface area (Å²) >= 11 is 12.2. The second kappa shape index (κ2) is 9.36. The first-order chi connectivity index (χ1) is 13.1. The lowest BCUT2D eigenvalue weighted by molar-refractivity contribution is 0.251. The Morgan fingerprint density at radius 1 is 1.19 bits per heavy atom. The fourth-order valence-electron chi connectivity index (χ4n) is 3.18. The van der Waals surface area contributed by atoms with E-state index in [1.165, 1.54) is 0 Å². The molecule has 3 rings (SSSR count). The molecule has 6 heteroatoms. The summed E-state index contributed by atoms with van der Waals surface area (Å²) in [7, 11) is 2.17. The van der Waals surface area contributed by atoms with Crippen molar-refractivity contribution < 1.29 is 0 Å². The highest BCUT2D eigenvalue weighted by atomic mass is 35.5. The summed E-state index contributed by atoms with van der Waals surface area (Å²) in [6.07, 6.45) is 13.2. The predicted octanol–water partition coefficient (Wildman–Crippen LogP) is 5.56. The first-order valence-electron chi connectivity index (χ1n) is 9.13. The Kier molecular flexibility index (Phi) is 6.89. The van der Waals surface area contributed by atoms with E-state index >= 15 is 0 Å². The molecule has 0 atom stereocenters. The maximum Gasteiger partial charge on any atom is 0.110 e. The maximum atomic E-state index is 6.17. The average molecular weight is 403 g/mol. The normalized spacial score (nSPS) is 17.8. The molecule has 1 aliphatic heterocycles. The van der Waals surface area contributed by atoms with Crippen molar-refractivity contribution in [3.63, 3.8) is 0 Å². The third kappa shape index (κ3) is 5.10. The summed E-state index contributed by atoms with van der Waals surface area (Å²) in [6.45, 7) is 4.05. The van der Waals surface area contributed by atoms with Crippen molar-refractivity contribution in [3.8, 4) is 11.3 Å². The number of piperidine rings is 1. The number of hydrogen-bond donors (Lipinski definition) is 1. The first-order valence-corrected chi connectivity index (χ1v) is 9.89. The van der Waals surface area contributed by atoms with E-state index in [1.54, 1.807) is 24.5 Å². The molecule has 4 nitrogen and oxygen atoms in total. The highest BCUT2D eigenvalue weighted by molar-refractivity contribution is 6.43. The van der Waals surface area contributed by atoms with Crippen LogP contribution in [0.15, 0.2) is 52.8 Å². The first kappa shape index (κ1) is 19.9. The minimum atomic E-state index is 0.459. The number of nitrogens with one attached hydrogen (secondary N) is 1. The van der Waals surface area contributed by atoms with Crippen LogP contribution in [-0.4, -0.2) is 40.0 Å². The molecule has 1 saturated heterocycles. The van der Waals surface area contributed by atoms with E-state index in [0.29, 0.717) is 16.0 Å². The molecule has 2 aromatic heterocycles. The molecule has 1 N–H and O–H groups in total. The van der Waals surface area contributed by atoms with Gasteiger partial charge in [-0.2, -0.15) is 0 Å². The Hall–Kier alpha value is -1.88. The van der Waals surface area contributed by atoms with Crippen molar-refractivity contribution in [1.29, 1.82) is 0 Å². The third-order valence-corrected chi connectivity index (χ3v) is 5.64. The predicted molar refractivity (Wildman–Crippen MR) is 114 cm³/mol. The number of rotatable bonds is 5. The number of H-pyrrole nitrogens is 1. The number of likely N-dealkylation sites (tertiary alicyclic amines) is 1. The Labute approximate surface area is 170 Å². The highest BCUT2D eigenvalue weighted by Gasteiger charge is 2.22. The van der Waals surface area contributed by atoms with Crippen LogP contribution in [0.4, 0.5) is 0 Å². The molecule has 0 aliphatic carbocycles. The summed E-state index contributed by atoms with van der Waals surface area (Å²) in [5.74, 6) is 1.51. The maximum absolute atomic E-state index is 6.17. The molecule has 0 radical (unpaired) electrons. The van der Waals surface area contributed by atoms with Gasteiger partial charge in [-0.05, 0) is 64.2 Å². The average Bonchev–Trinajstić information content (AvgIpc) is 3.12. The van der Waals surface area contributed by atoms with Crippen LogP contribution in [0.5, 0.6) is 0 Å². The van der Waals surface area contributed by atoms with E-state index < -0.39 is 0 Å². The Bertz CT molecular complexity index is 844. The van der Waals surface area contributed by atoms with Gasteiger partial charge in [-0.25, -0.2) is 4.98 Å². The molecule has 142 valence electrons. The van der Waals surface area contributed by atoms with E-state index in [2.05, 4.69) is 21.9 Å². The van der Waals surface area contributed by atoms with Crippen molar-refractivity contribution in [1.82, 2.24) is 19.9 Å². The van der Waals surface area contributed by atoms with Crippen LogP contribution in [0.2, 0.25) is 0 Å². The smallest absolute Gasteiger partial charge is 0.110 e. The molecule has 2 aromatic rings. The molecule has 0 saturated carbocycles. The van der Waals surface area contributed by atoms with Gasteiger partial charge in [0.2, 0.25) is 0 Å². The number of hydrogen-bond acceptors (Lipinski definition) is 3. The van der Waals surface area contributed by atoms with Crippen molar-refractivity contribution in [2.24, 2.45) is 0 Å². The van der Waals surface area contributed by atoms with Crippen LogP contribution in [0, 0.1) is 0 Å². The summed E-state index contributed by atoms with van der Waals surface area (Å²) in [4.78, 5) is 14.9. The van der Waals surface area contributed by atoms with E-state index in [0.717, 1.165) is 48.7 Å². The number of pyridine rings is 1. The summed E-state index contributed by atoms with van der Waals surface area (Å²) in [5.41, 5.74) is 2.94. The molecule has 0 bridgehead atoms. The van der Waals surface area contributed by atoms with Crippen LogP contribution in [-0.2, 0) is 0 Å². The zero-order valence-electron chi connectivity index (χ0n) is 15.6. The zero-order chi connectivity index (χ0) is 19.2. The zero-order valence-corrected chi connectivity index (χ0v) is 17.1. The lowest BCUT2D eigenvalue weighted by atomic mass is 9.96. The van der Waals surface area contributed by atoms with Crippen molar-refractivity contribution in [2.75, 3.05) is 20.1 Å². The number of allylic oxidation sites excluding steroid dienone is 5. The topological polar surface area (TPSA) is 44.8 Å². The van der Waals surface area contributed by atoms with Gasteiger partial charge in [-0.15, -0.1) is 0 Å². The second-order valence-electron chi connectivity index (χ2n) is 6.71. The molecule has 27 heavy (non-hydrogen) atoms. The van der Waals surface area contributed by atoms with Crippen LogP contribution >= 0.6 is 23.2 Å². The quantitative estimate of drug-likeness (QED) is 0.665. The van der Waals surface area contributed by atoms with Gasteiger partial charge in [-0.1, -0.05) is 35.4 Å². The van der Waals surface area contributed by atoms with Crippen molar-refractivity contribution >= 4 is 29.3 Å². The fourth-order valence-corrected chi connectivity index (χ4v) is 3.42. The van der Waals surface area contributed by atoms with Gasteiger partial charge >= 0.3 is 0 Å². The van der Waals surface area contributed by atoms with Gasteiger partial charge in [0.15, 0.2) is 0 Å². The molecular formula is C21H24Cl2N4. The summed E-state index contributed by atoms with van der Waals surface area (Å²) in [5, 5.41) is 1.04. The van der Waals surface area contributed by atoms with Crippen molar-refractivity contribution in [2.45, 2.75) is 25.7 Å². The highest BCUT2D eigenvalue weighted by Crippen LogP contribution is 2.30. The number of imidazole rings is 1. The fraction of sp³-hybridized carbons (Fsp3) is 0.333. The van der Waals surface area contributed by atoms with E-state index in [4.69, 9.17) is 28.2 Å². The third-order valence-electron chi connectivity index (χ3n) is 4.80. The lowest BCUT2D eigenvalue weighted by Gasteiger charge is -2.27. The Balaban J connectivity index is 1.91. The van der Waals surface area contributed by atoms with Crippen LogP contribution in [0.25, 0.3) is 17.3 Å². The van der Waals surface area contributed by atoms with E-state index in [1.807, 2.05) is 31.2 Å². The summed E-state index contributed by atoms with van der Waals surface area (Å²) < 4.78 is 0. The van der Waals surface area contributed by atoms with Crippen LogP contribution in [0.1, 0.15) is 37.2 Å². The second-order valence-corrected chi connectivity index (χ2v) is 7.52. The number of halogens is 2. The minimum Gasteiger partial charge on any atom is -0.342 e. The SMILES string of the molecule is C\C=C(Cl)/C(Cl)=C\C=C\c1[nH]c(C2CCN(C)CC2)nc1-c1ccncc1. The monoisotopic (exact) mass is 402 g/mol. The molecule has 3 heterocycles. The minimum absolute atomic E-state index is 0.459. The summed E-state index contributed by atoms with van der Waals surface area (Å²) in [6, 6.07) is 3.96. The standard InChI is InChI=1S/C21H24Cl2N4/c1-3-17(22)18(23)5-4-6-19-20(15-7-11-24-12-8-15)26-21(25-19)16-9-13-27(2)14-10-16/h3-8,11-12,16H,9-10,13-14H2,1-2H3,(H,25,26)/b6-4+,17-3+,18-5+. The number of aromatic amines is 1. The largest absolute Gasteiger partial charge is 0.342 e. The van der Waals surface area contributed by atoms with Crippen LogP contribution in [0.3, 0.4) is 0 Å². The molecular weight excluding hydrogens is 379 g/mol. The number of nitrogens with zero attached hydrogens (tertiary/aromatic N) is 3. The van der Waals surface area contributed by atoms with Gasteiger partial charge in [0.1, 0.15) is 5.82 Å².